The van der Waals surface area contributed by atoms with Crippen molar-refractivity contribution in [2.45, 2.75) is 24.9 Å². The van der Waals surface area contributed by atoms with E-state index in [0.29, 0.717) is 35.8 Å². The molecule has 4 amide bonds. The van der Waals surface area contributed by atoms with Crippen LogP contribution in [0.15, 0.2) is 72.8 Å². The van der Waals surface area contributed by atoms with Gasteiger partial charge in [0.2, 0.25) is 5.91 Å². The van der Waals surface area contributed by atoms with Crippen LogP contribution in [0.1, 0.15) is 35.6 Å². The lowest BCUT2D eigenvalue weighted by Gasteiger charge is -2.30. The summed E-state index contributed by atoms with van der Waals surface area (Å²) in [6.45, 7) is 2.62. The van der Waals surface area contributed by atoms with E-state index in [1.807, 2.05) is 30.3 Å². The maximum Gasteiger partial charge on any atom is 0.325 e. The largest absolute Gasteiger partial charge is 0.491 e. The molecular weight excluding hydrogens is 518 g/mol. The fourth-order valence-electron chi connectivity index (χ4n) is 4.40. The highest BCUT2D eigenvalue weighted by Crippen LogP contribution is 2.32. The average Bonchev–Trinajstić information content (AvgIpc) is 3.24. The first-order valence-corrected chi connectivity index (χ1v) is 12.7. The van der Waals surface area contributed by atoms with Gasteiger partial charge < -0.3 is 20.1 Å². The Morgan fingerprint density at radius 2 is 1.82 bits per heavy atom. The van der Waals surface area contributed by atoms with E-state index >= 15 is 0 Å². The molecule has 3 aromatic rings. The first-order chi connectivity index (χ1) is 18.8. The summed E-state index contributed by atoms with van der Waals surface area (Å²) in [5.41, 5.74) is 2.22. The molecule has 3 atom stereocenters. The highest BCUT2D eigenvalue weighted by Gasteiger charge is 2.47. The number of carbonyl (C=O) groups is 3. The topological polar surface area (TPSA) is 97.0 Å². The Hall–Kier alpha value is -4.32. The van der Waals surface area contributed by atoms with E-state index < -0.39 is 35.8 Å². The number of imide groups is 1. The number of anilines is 1. The Balaban J connectivity index is 1.62. The predicted molar refractivity (Wildman–Crippen MR) is 149 cm³/mol. The van der Waals surface area contributed by atoms with E-state index in [2.05, 4.69) is 16.6 Å². The molecule has 1 fully saturated rings. The SMILES string of the molecule is C#Cc1ccc(NC(=O)[C@H]([C@@H](C)c2ccccc2)N2C(=O)NC(c3ccc(OCCOC)cc3)C2=O)c(Cl)c1. The lowest BCUT2D eigenvalue weighted by Crippen LogP contribution is -2.50. The number of carbonyl (C=O) groups excluding carboxylic acids is 3. The third kappa shape index (κ3) is 6.23. The Bertz CT molecular complexity index is 1390. The number of nitrogens with zero attached hydrogens (tertiary/aromatic N) is 1. The van der Waals surface area contributed by atoms with E-state index in [1.54, 1.807) is 56.5 Å². The number of urea groups is 1. The maximum atomic E-state index is 13.7. The molecule has 200 valence electrons. The van der Waals surface area contributed by atoms with Crippen LogP contribution in [0.4, 0.5) is 10.5 Å². The van der Waals surface area contributed by atoms with Gasteiger partial charge in [0.15, 0.2) is 0 Å². The van der Waals surface area contributed by atoms with Gasteiger partial charge in [-0.15, -0.1) is 6.42 Å². The van der Waals surface area contributed by atoms with E-state index in [4.69, 9.17) is 27.5 Å². The third-order valence-corrected chi connectivity index (χ3v) is 6.79. The standard InChI is InChI=1S/C30H28ClN3O5/c1-4-20-10-15-25(24(31)18-20)32-28(35)27(19(2)21-8-6-5-7-9-21)34-29(36)26(33-30(34)37)22-11-13-23(14-12-22)39-17-16-38-3/h1,5-15,18-19,26-27H,16-17H2,2-3H3,(H,32,35)(H,33,37)/t19-,26?,27-/m0/s1. The lowest BCUT2D eigenvalue weighted by molar-refractivity contribution is -0.134. The van der Waals surface area contributed by atoms with Crippen molar-refractivity contribution in [1.82, 2.24) is 10.2 Å². The number of rotatable bonds is 10. The first-order valence-electron chi connectivity index (χ1n) is 12.3. The van der Waals surface area contributed by atoms with Gasteiger partial charge in [-0.25, -0.2) is 9.69 Å². The molecule has 0 spiro atoms. The molecule has 1 aliphatic heterocycles. The van der Waals surface area contributed by atoms with Crippen LogP contribution < -0.4 is 15.4 Å². The Labute approximate surface area is 232 Å². The summed E-state index contributed by atoms with van der Waals surface area (Å²) in [6.07, 6.45) is 5.44. The number of terminal acetylenes is 1. The number of nitrogens with one attached hydrogen (secondary N) is 2. The summed E-state index contributed by atoms with van der Waals surface area (Å²) in [7, 11) is 1.59. The smallest absolute Gasteiger partial charge is 0.325 e. The fourth-order valence-corrected chi connectivity index (χ4v) is 4.63. The van der Waals surface area contributed by atoms with Crippen molar-refractivity contribution in [2.75, 3.05) is 25.6 Å². The first kappa shape index (κ1) is 27.7. The Kier molecular flexibility index (Phi) is 8.87. The summed E-state index contributed by atoms with van der Waals surface area (Å²) in [6, 6.07) is 18.1. The predicted octanol–water partition coefficient (Wildman–Crippen LogP) is 4.75. The normalized spacial score (nSPS) is 16.3. The molecule has 0 radical (unpaired) electrons. The zero-order chi connectivity index (χ0) is 27.9. The van der Waals surface area contributed by atoms with E-state index in [-0.39, 0.29) is 5.02 Å². The maximum absolute atomic E-state index is 13.7. The van der Waals surface area contributed by atoms with Crippen molar-refractivity contribution in [3.8, 4) is 18.1 Å². The van der Waals surface area contributed by atoms with Crippen molar-refractivity contribution in [3.05, 3.63) is 94.5 Å². The van der Waals surface area contributed by atoms with Crippen LogP contribution in [0.25, 0.3) is 0 Å². The number of hydrogen-bond donors (Lipinski definition) is 2. The van der Waals surface area contributed by atoms with Crippen molar-refractivity contribution in [3.63, 3.8) is 0 Å². The summed E-state index contributed by atoms with van der Waals surface area (Å²) in [4.78, 5) is 41.6. The van der Waals surface area contributed by atoms with Crippen LogP contribution in [-0.2, 0) is 14.3 Å². The zero-order valence-corrected chi connectivity index (χ0v) is 22.3. The van der Waals surface area contributed by atoms with Gasteiger partial charge in [-0.1, -0.05) is 66.9 Å². The van der Waals surface area contributed by atoms with Crippen molar-refractivity contribution in [2.24, 2.45) is 0 Å². The Morgan fingerprint density at radius 1 is 1.10 bits per heavy atom. The number of methoxy groups -OCH3 is 1. The molecule has 4 rings (SSSR count). The molecule has 39 heavy (non-hydrogen) atoms. The van der Waals surface area contributed by atoms with Gasteiger partial charge in [-0.3, -0.25) is 9.59 Å². The van der Waals surface area contributed by atoms with Gasteiger partial charge in [0.05, 0.1) is 17.3 Å². The van der Waals surface area contributed by atoms with Crippen LogP contribution in [0, 0.1) is 12.3 Å². The Morgan fingerprint density at radius 3 is 2.46 bits per heavy atom. The molecule has 8 nitrogen and oxygen atoms in total. The summed E-state index contributed by atoms with van der Waals surface area (Å²) >= 11 is 6.34. The number of ether oxygens (including phenoxy) is 2. The third-order valence-electron chi connectivity index (χ3n) is 6.48. The molecule has 0 aliphatic carbocycles. The van der Waals surface area contributed by atoms with Gasteiger partial charge in [0, 0.05) is 18.6 Å². The lowest BCUT2D eigenvalue weighted by atomic mass is 9.91. The van der Waals surface area contributed by atoms with E-state index in [9.17, 15) is 14.4 Å². The summed E-state index contributed by atoms with van der Waals surface area (Å²) < 4.78 is 10.6. The minimum absolute atomic E-state index is 0.243. The van der Waals surface area contributed by atoms with Gasteiger partial charge in [-0.2, -0.15) is 0 Å². The second-order valence-electron chi connectivity index (χ2n) is 8.97. The average molecular weight is 546 g/mol. The molecule has 0 bridgehead atoms. The molecular formula is C30H28ClN3O5. The fraction of sp³-hybridized carbons (Fsp3) is 0.233. The number of benzene rings is 3. The van der Waals surface area contributed by atoms with Gasteiger partial charge in [0.1, 0.15) is 24.4 Å². The molecule has 2 N–H and O–H groups in total. The highest BCUT2D eigenvalue weighted by molar-refractivity contribution is 6.34. The van der Waals surface area contributed by atoms with E-state index in [0.717, 1.165) is 10.5 Å². The van der Waals surface area contributed by atoms with Crippen molar-refractivity contribution < 1.29 is 23.9 Å². The zero-order valence-electron chi connectivity index (χ0n) is 21.5. The van der Waals surface area contributed by atoms with Crippen molar-refractivity contribution in [1.29, 1.82) is 0 Å². The molecule has 0 saturated carbocycles. The minimum Gasteiger partial charge on any atom is -0.491 e. The second kappa shape index (κ2) is 12.5. The van der Waals surface area contributed by atoms with Gasteiger partial charge in [0.25, 0.3) is 5.91 Å². The monoisotopic (exact) mass is 545 g/mol. The van der Waals surface area contributed by atoms with Crippen LogP contribution in [0.3, 0.4) is 0 Å². The molecule has 9 heteroatoms. The summed E-state index contributed by atoms with van der Waals surface area (Å²) in [5.74, 6) is 1.46. The molecule has 1 aliphatic rings. The molecule has 0 aromatic heterocycles. The van der Waals surface area contributed by atoms with Crippen LogP contribution in [0.2, 0.25) is 5.02 Å². The molecule has 3 aromatic carbocycles. The number of hydrogen-bond acceptors (Lipinski definition) is 5. The van der Waals surface area contributed by atoms with E-state index in [1.165, 1.54) is 0 Å². The van der Waals surface area contributed by atoms with Crippen LogP contribution >= 0.6 is 11.6 Å². The molecule has 1 unspecified atom stereocenters. The van der Waals surface area contributed by atoms with Crippen LogP contribution in [-0.4, -0.2) is 49.1 Å². The van der Waals surface area contributed by atoms with Gasteiger partial charge in [-0.05, 0) is 41.5 Å². The number of halogens is 1. The highest BCUT2D eigenvalue weighted by atomic mass is 35.5. The minimum atomic E-state index is -1.16. The van der Waals surface area contributed by atoms with Gasteiger partial charge >= 0.3 is 6.03 Å². The van der Waals surface area contributed by atoms with Crippen molar-refractivity contribution >= 4 is 35.1 Å². The summed E-state index contributed by atoms with van der Waals surface area (Å²) in [5, 5.41) is 5.74. The second-order valence-corrected chi connectivity index (χ2v) is 9.38. The molecule has 1 heterocycles. The molecule has 1 saturated heterocycles. The quantitative estimate of drug-likeness (QED) is 0.218. The van der Waals surface area contributed by atoms with Crippen LogP contribution in [0.5, 0.6) is 5.75 Å². The number of amides is 4.